The van der Waals surface area contributed by atoms with E-state index in [0.717, 1.165) is 13.2 Å². The summed E-state index contributed by atoms with van der Waals surface area (Å²) in [5.41, 5.74) is 1.53. The van der Waals surface area contributed by atoms with Gasteiger partial charge in [-0.2, -0.15) is 0 Å². The molecule has 2 nitrogen and oxygen atoms in total. The van der Waals surface area contributed by atoms with Gasteiger partial charge in [0.2, 0.25) is 0 Å². The number of nitrogens with one attached hydrogen (secondary N) is 1. The van der Waals surface area contributed by atoms with Gasteiger partial charge < -0.3 is 10.1 Å². The van der Waals surface area contributed by atoms with Gasteiger partial charge in [-0.3, -0.25) is 0 Å². The molecule has 1 saturated heterocycles. The lowest BCUT2D eigenvalue weighted by Crippen LogP contribution is -2.35. The van der Waals surface area contributed by atoms with E-state index in [9.17, 15) is 0 Å². The molecule has 118 valence electrons. The summed E-state index contributed by atoms with van der Waals surface area (Å²) in [4.78, 5) is 1.38. The average molecular weight is 308 g/mol. The normalized spacial score (nSPS) is 19.1. The Morgan fingerprint density at radius 3 is 2.62 bits per heavy atom. The Morgan fingerprint density at radius 2 is 2.00 bits per heavy atom. The summed E-state index contributed by atoms with van der Waals surface area (Å²) in [6.07, 6.45) is 5.53. The van der Waals surface area contributed by atoms with Crippen LogP contribution in [0.5, 0.6) is 0 Å². The minimum absolute atomic E-state index is 0.176. The molecule has 21 heavy (non-hydrogen) atoms. The molecule has 0 amide bonds. The van der Waals surface area contributed by atoms with Crippen LogP contribution in [0, 0.1) is 0 Å². The number of benzene rings is 1. The van der Waals surface area contributed by atoms with E-state index >= 15 is 0 Å². The summed E-state index contributed by atoms with van der Waals surface area (Å²) < 4.78 is 5.66. The van der Waals surface area contributed by atoms with Crippen LogP contribution in [0.1, 0.15) is 52.0 Å². The Labute approximate surface area is 134 Å². The van der Waals surface area contributed by atoms with Crippen LogP contribution in [0.25, 0.3) is 0 Å². The van der Waals surface area contributed by atoms with Gasteiger partial charge >= 0.3 is 0 Å². The van der Waals surface area contributed by atoms with Gasteiger partial charge in [0.1, 0.15) is 0 Å². The number of thioether (sulfide) groups is 1. The first kappa shape index (κ1) is 16.9. The van der Waals surface area contributed by atoms with Crippen molar-refractivity contribution in [2.24, 2.45) is 0 Å². The molecular weight excluding hydrogens is 278 g/mol. The SMILES string of the molecule is CC(C)(C)NCc1ccc(SCCCC2CCCO2)cc1. The second-order valence-electron chi connectivity index (χ2n) is 6.87. The third-order valence-corrected chi connectivity index (χ3v) is 4.81. The summed E-state index contributed by atoms with van der Waals surface area (Å²) in [7, 11) is 0. The summed E-state index contributed by atoms with van der Waals surface area (Å²) in [6, 6.07) is 8.97. The third-order valence-electron chi connectivity index (χ3n) is 3.71. The van der Waals surface area contributed by atoms with Gasteiger partial charge in [-0.1, -0.05) is 12.1 Å². The molecule has 3 heteroatoms. The van der Waals surface area contributed by atoms with Crippen LogP contribution in [0.2, 0.25) is 0 Å². The van der Waals surface area contributed by atoms with E-state index in [2.05, 4.69) is 50.4 Å². The van der Waals surface area contributed by atoms with Crippen LogP contribution in [0.3, 0.4) is 0 Å². The first-order valence-electron chi connectivity index (χ1n) is 8.11. The minimum Gasteiger partial charge on any atom is -0.378 e. The first-order chi connectivity index (χ1) is 10.0. The fourth-order valence-electron chi connectivity index (χ4n) is 2.44. The molecule has 1 aromatic rings. The van der Waals surface area contributed by atoms with Crippen LogP contribution >= 0.6 is 11.8 Å². The maximum atomic E-state index is 5.66. The molecule has 1 heterocycles. The molecule has 0 aromatic heterocycles. The van der Waals surface area contributed by atoms with Crippen molar-refractivity contribution in [2.45, 2.75) is 69.5 Å². The zero-order valence-corrected chi connectivity index (χ0v) is 14.5. The van der Waals surface area contributed by atoms with Gasteiger partial charge in [0.05, 0.1) is 6.10 Å². The largest absolute Gasteiger partial charge is 0.378 e. The van der Waals surface area contributed by atoms with Gasteiger partial charge in [-0.25, -0.2) is 0 Å². The molecule has 1 N–H and O–H groups in total. The van der Waals surface area contributed by atoms with Crippen molar-refractivity contribution in [3.05, 3.63) is 29.8 Å². The van der Waals surface area contributed by atoms with Gasteiger partial charge in [0.25, 0.3) is 0 Å². The molecule has 0 radical (unpaired) electrons. The van der Waals surface area contributed by atoms with Crippen LogP contribution < -0.4 is 5.32 Å². The monoisotopic (exact) mass is 307 g/mol. The van der Waals surface area contributed by atoms with Crippen LogP contribution in [0.4, 0.5) is 0 Å². The van der Waals surface area contributed by atoms with Gasteiger partial charge in [0, 0.05) is 23.6 Å². The quantitative estimate of drug-likeness (QED) is 0.586. The fourth-order valence-corrected chi connectivity index (χ4v) is 3.32. The topological polar surface area (TPSA) is 21.3 Å². The number of ether oxygens (including phenoxy) is 1. The standard InChI is InChI=1S/C18H29NOS/c1-18(2,3)19-14-15-8-10-17(11-9-15)21-13-5-7-16-6-4-12-20-16/h8-11,16,19H,4-7,12-14H2,1-3H3. The lowest BCUT2D eigenvalue weighted by atomic mass is 10.1. The highest BCUT2D eigenvalue weighted by Crippen LogP contribution is 2.22. The molecule has 1 atom stereocenters. The molecule has 0 spiro atoms. The highest BCUT2D eigenvalue weighted by Gasteiger charge is 2.14. The lowest BCUT2D eigenvalue weighted by Gasteiger charge is -2.20. The smallest absolute Gasteiger partial charge is 0.0576 e. The predicted molar refractivity (Wildman–Crippen MR) is 92.0 cm³/mol. The summed E-state index contributed by atoms with van der Waals surface area (Å²) in [5.74, 6) is 1.19. The van der Waals surface area contributed by atoms with Crippen LogP contribution in [-0.2, 0) is 11.3 Å². The summed E-state index contributed by atoms with van der Waals surface area (Å²) in [6.45, 7) is 8.51. The van der Waals surface area contributed by atoms with Crippen molar-refractivity contribution in [2.75, 3.05) is 12.4 Å². The fraction of sp³-hybridized carbons (Fsp3) is 0.667. The van der Waals surface area contributed by atoms with Crippen molar-refractivity contribution >= 4 is 11.8 Å². The maximum Gasteiger partial charge on any atom is 0.0576 e. The van der Waals surface area contributed by atoms with Crippen LogP contribution in [0.15, 0.2) is 29.2 Å². The van der Waals surface area contributed by atoms with Gasteiger partial charge in [0.15, 0.2) is 0 Å². The molecule has 1 aliphatic rings. The lowest BCUT2D eigenvalue weighted by molar-refractivity contribution is 0.104. The summed E-state index contributed by atoms with van der Waals surface area (Å²) >= 11 is 1.96. The zero-order valence-electron chi connectivity index (χ0n) is 13.7. The Bertz CT molecular complexity index is 404. The number of hydrogen-bond donors (Lipinski definition) is 1. The second kappa shape index (κ2) is 8.21. The highest BCUT2D eigenvalue weighted by atomic mass is 32.2. The van der Waals surface area contributed by atoms with Gasteiger partial charge in [-0.05, 0) is 69.9 Å². The molecule has 0 bridgehead atoms. The van der Waals surface area contributed by atoms with E-state index in [-0.39, 0.29) is 5.54 Å². The van der Waals surface area contributed by atoms with E-state index in [1.165, 1.54) is 41.9 Å². The minimum atomic E-state index is 0.176. The molecule has 1 aliphatic heterocycles. The molecule has 2 rings (SSSR count). The van der Waals surface area contributed by atoms with E-state index in [1.54, 1.807) is 0 Å². The van der Waals surface area contributed by atoms with E-state index < -0.39 is 0 Å². The average Bonchev–Trinajstić information content (AvgIpc) is 2.95. The van der Waals surface area contributed by atoms with Crippen molar-refractivity contribution in [1.82, 2.24) is 5.32 Å². The van der Waals surface area contributed by atoms with E-state index in [0.29, 0.717) is 6.10 Å². The molecule has 1 fully saturated rings. The Balaban J connectivity index is 1.64. The molecule has 0 aliphatic carbocycles. The third kappa shape index (κ3) is 6.86. The highest BCUT2D eigenvalue weighted by molar-refractivity contribution is 7.99. The van der Waals surface area contributed by atoms with Crippen molar-refractivity contribution in [3.8, 4) is 0 Å². The van der Waals surface area contributed by atoms with Crippen molar-refractivity contribution in [3.63, 3.8) is 0 Å². The molecule has 0 saturated carbocycles. The van der Waals surface area contributed by atoms with Gasteiger partial charge in [-0.15, -0.1) is 11.8 Å². The van der Waals surface area contributed by atoms with E-state index in [4.69, 9.17) is 4.74 Å². The maximum absolute atomic E-state index is 5.66. The molecule has 1 unspecified atom stereocenters. The predicted octanol–water partition coefficient (Wildman–Crippen LogP) is 4.63. The molecular formula is C18H29NOS. The Hall–Kier alpha value is -0.510. The second-order valence-corrected chi connectivity index (χ2v) is 8.04. The van der Waals surface area contributed by atoms with Crippen molar-refractivity contribution in [1.29, 1.82) is 0 Å². The Morgan fingerprint density at radius 1 is 1.24 bits per heavy atom. The van der Waals surface area contributed by atoms with E-state index in [1.807, 2.05) is 11.8 Å². The van der Waals surface area contributed by atoms with Crippen molar-refractivity contribution < 1.29 is 4.74 Å². The summed E-state index contributed by atoms with van der Waals surface area (Å²) in [5, 5.41) is 3.52. The number of hydrogen-bond acceptors (Lipinski definition) is 3. The molecule has 1 aromatic carbocycles. The first-order valence-corrected chi connectivity index (χ1v) is 9.10. The Kier molecular flexibility index (Phi) is 6.59. The zero-order chi connectivity index (χ0) is 15.1. The van der Waals surface area contributed by atoms with Crippen LogP contribution in [-0.4, -0.2) is 24.0 Å². The number of rotatable bonds is 7.